The van der Waals surface area contributed by atoms with E-state index in [1.165, 1.54) is 0 Å². The molecule has 12 heavy (non-hydrogen) atoms. The summed E-state index contributed by atoms with van der Waals surface area (Å²) in [5.41, 5.74) is 0. The summed E-state index contributed by atoms with van der Waals surface area (Å²) < 4.78 is 16.9. The van der Waals surface area contributed by atoms with Gasteiger partial charge in [0.05, 0.1) is 6.61 Å². The molecule has 0 aliphatic carbocycles. The quantitative estimate of drug-likeness (QED) is 0.368. The number of ether oxygens (including phenoxy) is 1. The van der Waals surface area contributed by atoms with Gasteiger partial charge in [-0.25, -0.2) is 4.39 Å². The van der Waals surface area contributed by atoms with Gasteiger partial charge in [0, 0.05) is 0 Å². The highest BCUT2D eigenvalue weighted by Crippen LogP contribution is 2.21. The maximum Gasteiger partial charge on any atom is 0.228 e. The molecule has 0 aromatic rings. The number of hydrogen-bond donors (Lipinski definition) is 4. The van der Waals surface area contributed by atoms with E-state index in [9.17, 15) is 4.39 Å². The highest BCUT2D eigenvalue weighted by molar-refractivity contribution is 4.88. The van der Waals surface area contributed by atoms with Crippen LogP contribution in [-0.2, 0) is 4.74 Å². The summed E-state index contributed by atoms with van der Waals surface area (Å²) in [6.45, 7) is -0.606. The molecule has 0 aromatic carbocycles. The van der Waals surface area contributed by atoms with Gasteiger partial charge in [-0.15, -0.1) is 0 Å². The molecule has 0 aromatic heterocycles. The topological polar surface area (TPSA) is 90.2 Å². The van der Waals surface area contributed by atoms with Gasteiger partial charge in [-0.1, -0.05) is 0 Å². The number of aliphatic hydroxyl groups is 4. The first-order valence-corrected chi connectivity index (χ1v) is 3.52. The first kappa shape index (κ1) is 9.82. The van der Waals surface area contributed by atoms with Crippen molar-refractivity contribution in [3.8, 4) is 0 Å². The van der Waals surface area contributed by atoms with E-state index in [4.69, 9.17) is 20.4 Å². The summed E-state index contributed by atoms with van der Waals surface area (Å²) in [4.78, 5) is 0. The van der Waals surface area contributed by atoms with Crippen molar-refractivity contribution < 1.29 is 29.6 Å². The maximum absolute atomic E-state index is 12.6. The number of aliphatic hydroxyl groups excluding tert-OH is 4. The van der Waals surface area contributed by atoms with Crippen LogP contribution in [0.15, 0.2) is 0 Å². The Bertz CT molecular complexity index is 150. The summed E-state index contributed by atoms with van der Waals surface area (Å²) in [5, 5.41) is 35.4. The molecule has 4 N–H and O–H groups in total. The lowest BCUT2D eigenvalue weighted by molar-refractivity contribution is -0.262. The van der Waals surface area contributed by atoms with E-state index in [0.717, 1.165) is 0 Å². The van der Waals surface area contributed by atoms with Gasteiger partial charge in [0.25, 0.3) is 0 Å². The summed E-state index contributed by atoms with van der Waals surface area (Å²) >= 11 is 0. The van der Waals surface area contributed by atoms with Gasteiger partial charge in [-0.3, -0.25) is 0 Å². The Balaban J connectivity index is 2.63. The molecule has 1 unspecified atom stereocenters. The minimum absolute atomic E-state index is 0.606. The van der Waals surface area contributed by atoms with Crippen LogP contribution in [-0.4, -0.2) is 57.8 Å². The first-order chi connectivity index (χ1) is 5.57. The number of halogens is 1. The van der Waals surface area contributed by atoms with Crippen LogP contribution in [0.25, 0.3) is 0 Å². The van der Waals surface area contributed by atoms with Crippen molar-refractivity contribution in [1.82, 2.24) is 0 Å². The molecule has 0 amide bonds. The lowest BCUT2D eigenvalue weighted by atomic mass is 10.00. The van der Waals surface area contributed by atoms with Crippen molar-refractivity contribution >= 4 is 0 Å². The molecule has 1 rings (SSSR count). The summed E-state index contributed by atoms with van der Waals surface area (Å²) in [7, 11) is 0. The van der Waals surface area contributed by atoms with Crippen LogP contribution in [0.1, 0.15) is 0 Å². The zero-order valence-electron chi connectivity index (χ0n) is 6.17. The van der Waals surface area contributed by atoms with Gasteiger partial charge in [-0.05, 0) is 0 Å². The minimum atomic E-state index is -2.07. The fourth-order valence-corrected chi connectivity index (χ4v) is 1.06. The van der Waals surface area contributed by atoms with E-state index in [1.54, 1.807) is 0 Å². The molecule has 1 saturated heterocycles. The second kappa shape index (κ2) is 3.63. The van der Waals surface area contributed by atoms with E-state index >= 15 is 0 Å². The average Bonchev–Trinajstić information content (AvgIpc) is 2.08. The predicted octanol–water partition coefficient (Wildman–Crippen LogP) is -2.24. The highest BCUT2D eigenvalue weighted by Gasteiger charge is 2.43. The maximum atomic E-state index is 12.6. The number of rotatable bonds is 1. The van der Waals surface area contributed by atoms with Gasteiger partial charge >= 0.3 is 0 Å². The summed E-state index contributed by atoms with van der Waals surface area (Å²) in [5.74, 6) is 0. The fraction of sp³-hybridized carbons (Fsp3) is 1.00. The van der Waals surface area contributed by atoms with E-state index < -0.39 is 37.4 Å². The van der Waals surface area contributed by atoms with Gasteiger partial charge in [-0.2, -0.15) is 0 Å². The first-order valence-electron chi connectivity index (χ1n) is 3.52. The number of hydrogen-bond acceptors (Lipinski definition) is 5. The zero-order valence-corrected chi connectivity index (χ0v) is 6.17. The molecule has 72 valence electrons. The highest BCUT2D eigenvalue weighted by atomic mass is 19.1. The molecule has 0 bridgehead atoms. The molecular weight excluding hydrogens is 171 g/mol. The fourth-order valence-electron chi connectivity index (χ4n) is 1.06. The molecule has 0 spiro atoms. The third-order valence-corrected chi connectivity index (χ3v) is 1.83. The van der Waals surface area contributed by atoms with Crippen molar-refractivity contribution in [2.75, 3.05) is 6.61 Å². The standard InChI is InChI=1S/C6H11FO5/c7-6-5(11)4(10)3(9)2(1-8)12-6/h2-6,8-11H,1H2/t2-,3-,4?,5+,6+/m1/s1. The molecule has 5 nitrogen and oxygen atoms in total. The molecule has 1 aliphatic rings. The van der Waals surface area contributed by atoms with E-state index in [-0.39, 0.29) is 0 Å². The average molecular weight is 182 g/mol. The van der Waals surface area contributed by atoms with E-state index in [0.29, 0.717) is 0 Å². The van der Waals surface area contributed by atoms with Crippen molar-refractivity contribution in [3.05, 3.63) is 0 Å². The Morgan fingerprint density at radius 1 is 1.08 bits per heavy atom. The van der Waals surface area contributed by atoms with Crippen LogP contribution in [0.3, 0.4) is 0 Å². The van der Waals surface area contributed by atoms with E-state index in [1.807, 2.05) is 0 Å². The Hall–Kier alpha value is -0.270. The monoisotopic (exact) mass is 182 g/mol. The third kappa shape index (κ3) is 1.57. The SMILES string of the molecule is OC[C@H]1O[C@H](F)[C@@H](O)C(O)[C@@H]1O. The van der Waals surface area contributed by atoms with Crippen LogP contribution >= 0.6 is 0 Å². The normalized spacial score (nSPS) is 49.2. The third-order valence-electron chi connectivity index (χ3n) is 1.83. The molecule has 1 heterocycles. The van der Waals surface area contributed by atoms with Crippen LogP contribution in [0, 0.1) is 0 Å². The Labute approximate surface area is 68.0 Å². The molecular formula is C6H11FO5. The van der Waals surface area contributed by atoms with Gasteiger partial charge in [0.1, 0.15) is 24.4 Å². The Morgan fingerprint density at radius 3 is 2.17 bits per heavy atom. The molecule has 1 aliphatic heterocycles. The van der Waals surface area contributed by atoms with Crippen molar-refractivity contribution in [1.29, 1.82) is 0 Å². The summed E-state index contributed by atoms with van der Waals surface area (Å²) in [6, 6.07) is 0. The Morgan fingerprint density at radius 2 is 1.67 bits per heavy atom. The van der Waals surface area contributed by atoms with Crippen LogP contribution in [0.2, 0.25) is 0 Å². The van der Waals surface area contributed by atoms with Gasteiger partial charge < -0.3 is 25.2 Å². The van der Waals surface area contributed by atoms with Crippen LogP contribution in [0.5, 0.6) is 0 Å². The lowest BCUT2D eigenvalue weighted by Gasteiger charge is -2.36. The molecule has 6 heteroatoms. The van der Waals surface area contributed by atoms with Crippen molar-refractivity contribution in [3.63, 3.8) is 0 Å². The van der Waals surface area contributed by atoms with Gasteiger partial charge in [0.15, 0.2) is 0 Å². The molecule has 5 atom stereocenters. The lowest BCUT2D eigenvalue weighted by Crippen LogP contribution is -2.57. The second-order valence-electron chi connectivity index (χ2n) is 2.68. The van der Waals surface area contributed by atoms with Gasteiger partial charge in [0.2, 0.25) is 6.36 Å². The van der Waals surface area contributed by atoms with Crippen molar-refractivity contribution in [2.45, 2.75) is 30.8 Å². The zero-order chi connectivity index (χ0) is 9.30. The summed E-state index contributed by atoms with van der Waals surface area (Å²) in [6.07, 6.45) is -8.09. The van der Waals surface area contributed by atoms with Crippen molar-refractivity contribution in [2.24, 2.45) is 0 Å². The minimum Gasteiger partial charge on any atom is -0.394 e. The largest absolute Gasteiger partial charge is 0.394 e. The van der Waals surface area contributed by atoms with Crippen LogP contribution < -0.4 is 0 Å². The smallest absolute Gasteiger partial charge is 0.228 e. The molecule has 0 saturated carbocycles. The molecule has 0 radical (unpaired) electrons. The van der Waals surface area contributed by atoms with E-state index in [2.05, 4.69) is 4.74 Å². The predicted molar refractivity (Wildman–Crippen MR) is 34.9 cm³/mol. The number of alkyl halides is 1. The second-order valence-corrected chi connectivity index (χ2v) is 2.68. The van der Waals surface area contributed by atoms with Crippen LogP contribution in [0.4, 0.5) is 4.39 Å². The Kier molecular flexibility index (Phi) is 2.97. The molecule has 1 fully saturated rings.